The largest absolute Gasteiger partial charge is 0.463 e. The minimum Gasteiger partial charge on any atom is -0.463 e. The Hall–Kier alpha value is -4.21. The van der Waals surface area contributed by atoms with Gasteiger partial charge in [-0.3, -0.25) is 10.1 Å². The van der Waals surface area contributed by atoms with Crippen molar-refractivity contribution in [2.75, 3.05) is 10.6 Å². The van der Waals surface area contributed by atoms with Crippen molar-refractivity contribution in [1.82, 2.24) is 14.8 Å². The number of hydrogen-bond acceptors (Lipinski definition) is 6. The van der Waals surface area contributed by atoms with Crippen molar-refractivity contribution in [3.05, 3.63) is 60.2 Å². The maximum absolute atomic E-state index is 14.3. The molecule has 9 nitrogen and oxygen atoms in total. The highest BCUT2D eigenvalue weighted by atomic mass is 19.1. The minimum absolute atomic E-state index is 0.0151. The number of nitrogens with zero attached hydrogens (tertiary/aromatic N) is 3. The number of anilines is 2. The molecular weight excluding hydrogens is 453 g/mol. The number of aromatic nitrogens is 3. The second-order valence-electron chi connectivity index (χ2n) is 9.23. The second kappa shape index (κ2) is 9.21. The Bertz CT molecular complexity index is 1390. The zero-order chi connectivity index (χ0) is 25.3. The molecule has 2 N–H and O–H groups in total. The maximum Gasteiger partial charge on any atom is 0.412 e. The van der Waals surface area contributed by atoms with Crippen molar-refractivity contribution in [2.45, 2.75) is 46.3 Å². The van der Waals surface area contributed by atoms with E-state index in [1.165, 1.54) is 18.4 Å². The number of benzene rings is 1. The number of hydrogen-bond donors (Lipinski definition) is 2. The van der Waals surface area contributed by atoms with Gasteiger partial charge in [-0.05, 0) is 71.0 Å². The van der Waals surface area contributed by atoms with E-state index in [0.717, 1.165) is 6.07 Å². The molecule has 0 saturated carbocycles. The van der Waals surface area contributed by atoms with Gasteiger partial charge in [0.05, 0.1) is 29.1 Å². The van der Waals surface area contributed by atoms with Gasteiger partial charge in [0, 0.05) is 11.7 Å². The molecule has 0 saturated heterocycles. The highest BCUT2D eigenvalue weighted by molar-refractivity contribution is 6.12. The van der Waals surface area contributed by atoms with Gasteiger partial charge >= 0.3 is 6.09 Å². The number of furan rings is 1. The normalized spacial score (nSPS) is 11.6. The van der Waals surface area contributed by atoms with E-state index >= 15 is 0 Å². The van der Waals surface area contributed by atoms with Crippen LogP contribution in [0.3, 0.4) is 0 Å². The zero-order valence-electron chi connectivity index (χ0n) is 20.0. The molecular formula is C25H26FN5O4. The van der Waals surface area contributed by atoms with Crippen LogP contribution >= 0.6 is 0 Å². The van der Waals surface area contributed by atoms with Crippen molar-refractivity contribution < 1.29 is 23.1 Å². The smallest absolute Gasteiger partial charge is 0.412 e. The molecule has 0 fully saturated rings. The number of nitrogens with one attached hydrogen (secondary N) is 2. The number of rotatable bonds is 5. The third-order valence-corrected chi connectivity index (χ3v) is 4.93. The third-order valence-electron chi connectivity index (χ3n) is 4.93. The molecule has 10 heteroatoms. The standard InChI is InChI=1S/C25H26FN5O4/c1-14(2)31-22-17(13-27-31)16(12-20(29-22)21-7-6-10-34-21)23(32)28-15-8-9-18(26)19(11-15)30-24(33)35-25(3,4)5/h6-14H,1-5H3,(H,28,32)(H,30,33). The first-order valence-corrected chi connectivity index (χ1v) is 11.0. The molecule has 0 radical (unpaired) electrons. The number of amides is 2. The van der Waals surface area contributed by atoms with Gasteiger partial charge in [0.25, 0.3) is 5.91 Å². The summed E-state index contributed by atoms with van der Waals surface area (Å²) in [5.41, 5.74) is 0.737. The predicted molar refractivity (Wildman–Crippen MR) is 130 cm³/mol. The molecule has 35 heavy (non-hydrogen) atoms. The van der Waals surface area contributed by atoms with Gasteiger partial charge < -0.3 is 14.5 Å². The number of pyridine rings is 1. The van der Waals surface area contributed by atoms with Gasteiger partial charge in [0.15, 0.2) is 11.4 Å². The minimum atomic E-state index is -0.806. The Labute approximate surface area is 201 Å². The van der Waals surface area contributed by atoms with Crippen LogP contribution in [0.25, 0.3) is 22.5 Å². The monoisotopic (exact) mass is 479 g/mol. The predicted octanol–water partition coefficient (Wildman–Crippen LogP) is 6.01. The Morgan fingerprint density at radius 1 is 1.14 bits per heavy atom. The summed E-state index contributed by atoms with van der Waals surface area (Å²) < 4.78 is 26.7. The average Bonchev–Trinajstić information content (AvgIpc) is 3.43. The fourth-order valence-electron chi connectivity index (χ4n) is 3.45. The Morgan fingerprint density at radius 3 is 2.57 bits per heavy atom. The van der Waals surface area contributed by atoms with E-state index in [2.05, 4.69) is 20.7 Å². The summed E-state index contributed by atoms with van der Waals surface area (Å²) in [6, 6.07) is 8.99. The molecule has 0 aliphatic heterocycles. The van der Waals surface area contributed by atoms with Crippen LogP contribution in [-0.2, 0) is 4.74 Å². The van der Waals surface area contributed by atoms with E-state index in [4.69, 9.17) is 9.15 Å². The fourth-order valence-corrected chi connectivity index (χ4v) is 3.45. The summed E-state index contributed by atoms with van der Waals surface area (Å²) in [5.74, 6) is -0.620. The lowest BCUT2D eigenvalue weighted by molar-refractivity contribution is 0.0635. The molecule has 2 amide bonds. The van der Waals surface area contributed by atoms with E-state index in [0.29, 0.717) is 28.1 Å². The van der Waals surface area contributed by atoms with E-state index in [-0.39, 0.29) is 17.4 Å². The summed E-state index contributed by atoms with van der Waals surface area (Å²) in [7, 11) is 0. The summed E-state index contributed by atoms with van der Waals surface area (Å²) in [6.45, 7) is 9.03. The van der Waals surface area contributed by atoms with Crippen molar-refractivity contribution in [1.29, 1.82) is 0 Å². The summed E-state index contributed by atoms with van der Waals surface area (Å²) in [6.07, 6.45) is 2.31. The van der Waals surface area contributed by atoms with Crippen LogP contribution in [0.1, 0.15) is 51.0 Å². The second-order valence-corrected chi connectivity index (χ2v) is 9.23. The van der Waals surface area contributed by atoms with Gasteiger partial charge in [-0.1, -0.05) is 0 Å². The van der Waals surface area contributed by atoms with E-state index in [1.54, 1.807) is 49.8 Å². The summed E-state index contributed by atoms with van der Waals surface area (Å²) >= 11 is 0. The third kappa shape index (κ3) is 5.32. The SMILES string of the molecule is CC(C)n1ncc2c(C(=O)Nc3ccc(F)c(NC(=O)OC(C)(C)C)c3)cc(-c3ccco3)nc21. The molecule has 0 bridgehead atoms. The molecule has 3 aromatic heterocycles. The van der Waals surface area contributed by atoms with Gasteiger partial charge in [-0.25, -0.2) is 18.9 Å². The zero-order valence-corrected chi connectivity index (χ0v) is 20.0. The molecule has 0 spiro atoms. The average molecular weight is 480 g/mol. The Balaban J connectivity index is 1.67. The van der Waals surface area contributed by atoms with Gasteiger partial charge in [0.1, 0.15) is 17.1 Å². The van der Waals surface area contributed by atoms with Crippen LogP contribution in [0.4, 0.5) is 20.6 Å². The number of carbonyl (C=O) groups is 2. The first kappa shape index (κ1) is 23.9. The topological polar surface area (TPSA) is 111 Å². The van der Waals surface area contributed by atoms with Crippen molar-refractivity contribution in [2.24, 2.45) is 0 Å². The fraction of sp³-hybridized carbons (Fsp3) is 0.280. The first-order valence-electron chi connectivity index (χ1n) is 11.0. The lowest BCUT2D eigenvalue weighted by Crippen LogP contribution is -2.27. The maximum atomic E-state index is 14.3. The lowest BCUT2D eigenvalue weighted by atomic mass is 10.1. The Kier molecular flexibility index (Phi) is 6.29. The van der Waals surface area contributed by atoms with Crippen LogP contribution < -0.4 is 10.6 Å². The molecule has 4 aromatic rings. The van der Waals surface area contributed by atoms with E-state index in [1.807, 2.05) is 13.8 Å². The van der Waals surface area contributed by atoms with Crippen molar-refractivity contribution in [3.8, 4) is 11.5 Å². The number of fused-ring (bicyclic) bond motifs is 1. The van der Waals surface area contributed by atoms with Crippen LogP contribution in [0.2, 0.25) is 0 Å². The van der Waals surface area contributed by atoms with Crippen LogP contribution in [0.5, 0.6) is 0 Å². The van der Waals surface area contributed by atoms with Crippen LogP contribution in [0.15, 0.2) is 53.3 Å². The quantitative estimate of drug-likeness (QED) is 0.363. The van der Waals surface area contributed by atoms with Crippen molar-refractivity contribution >= 4 is 34.4 Å². The molecule has 4 rings (SSSR count). The molecule has 0 aliphatic carbocycles. The van der Waals surface area contributed by atoms with E-state index < -0.39 is 23.4 Å². The molecule has 0 unspecified atom stereocenters. The first-order chi connectivity index (χ1) is 16.5. The number of halogens is 1. The molecule has 0 atom stereocenters. The molecule has 1 aromatic carbocycles. The van der Waals surface area contributed by atoms with Crippen LogP contribution in [-0.4, -0.2) is 32.4 Å². The van der Waals surface area contributed by atoms with Crippen LogP contribution in [0, 0.1) is 5.82 Å². The lowest BCUT2D eigenvalue weighted by Gasteiger charge is -2.20. The van der Waals surface area contributed by atoms with Gasteiger partial charge in [-0.15, -0.1) is 0 Å². The number of carbonyl (C=O) groups excluding carboxylic acids is 2. The highest BCUT2D eigenvalue weighted by Gasteiger charge is 2.21. The molecule has 3 heterocycles. The van der Waals surface area contributed by atoms with Gasteiger partial charge in [-0.2, -0.15) is 5.10 Å². The number of ether oxygens (including phenoxy) is 1. The summed E-state index contributed by atoms with van der Waals surface area (Å²) in [5, 5.41) is 10.1. The summed E-state index contributed by atoms with van der Waals surface area (Å²) in [4.78, 5) is 30.1. The van der Waals surface area contributed by atoms with E-state index in [9.17, 15) is 14.0 Å². The highest BCUT2D eigenvalue weighted by Crippen LogP contribution is 2.28. The molecule has 182 valence electrons. The molecule has 0 aliphatic rings. The van der Waals surface area contributed by atoms with Crippen molar-refractivity contribution in [3.63, 3.8) is 0 Å². The van der Waals surface area contributed by atoms with Gasteiger partial charge in [0.2, 0.25) is 0 Å². The Morgan fingerprint density at radius 2 is 1.91 bits per heavy atom.